The topological polar surface area (TPSA) is 54.4 Å². The van der Waals surface area contributed by atoms with Crippen molar-refractivity contribution in [1.29, 1.82) is 0 Å². The van der Waals surface area contributed by atoms with Gasteiger partial charge in [0.2, 0.25) is 6.29 Å². The van der Waals surface area contributed by atoms with Crippen LogP contribution in [0.3, 0.4) is 0 Å². The van der Waals surface area contributed by atoms with E-state index < -0.39 is 0 Å². The lowest BCUT2D eigenvalue weighted by molar-refractivity contribution is -0.117. The van der Waals surface area contributed by atoms with E-state index in [2.05, 4.69) is 0 Å². The first-order valence-electron chi connectivity index (χ1n) is 3.87. The molecule has 0 spiro atoms. The molecule has 67 valence electrons. The molecule has 0 heterocycles. The standard InChI is InChI=1S/C10H9O3/c11-6-5-9(12)7-8-3-1-2-4-10(8)13/h1-4,13H,5,7H2. The van der Waals surface area contributed by atoms with E-state index in [1.807, 2.05) is 0 Å². The summed E-state index contributed by atoms with van der Waals surface area (Å²) in [6.07, 6.45) is 1.40. The molecule has 0 bridgehead atoms. The normalized spacial score (nSPS) is 9.54. The number of aromatic hydroxyl groups is 1. The summed E-state index contributed by atoms with van der Waals surface area (Å²) in [5, 5.41) is 9.28. The molecule has 1 aromatic carbocycles. The van der Waals surface area contributed by atoms with Crippen LogP contribution >= 0.6 is 0 Å². The maximum Gasteiger partial charge on any atom is 0.206 e. The number of Topliss-reactive ketones (excluding diaryl/α,β-unsaturated/α-hetero) is 1. The number of carbonyl (C=O) groups is 1. The molecule has 3 nitrogen and oxygen atoms in total. The minimum absolute atomic E-state index is 0.0850. The van der Waals surface area contributed by atoms with Gasteiger partial charge in [-0.15, -0.1) is 0 Å². The van der Waals surface area contributed by atoms with Gasteiger partial charge in [-0.2, -0.15) is 0 Å². The summed E-state index contributed by atoms with van der Waals surface area (Å²) >= 11 is 0. The number of rotatable bonds is 4. The van der Waals surface area contributed by atoms with Gasteiger partial charge in [-0.25, -0.2) is 0 Å². The minimum atomic E-state index is -0.239. The predicted octanol–water partition coefficient (Wildman–Crippen LogP) is 1.00. The van der Waals surface area contributed by atoms with Crippen LogP contribution in [0.25, 0.3) is 0 Å². The molecule has 1 N–H and O–H groups in total. The van der Waals surface area contributed by atoms with Gasteiger partial charge in [-0.3, -0.25) is 9.59 Å². The number of benzene rings is 1. The summed E-state index contributed by atoms with van der Waals surface area (Å²) in [6, 6.07) is 6.56. The Bertz CT molecular complexity index is 318. The molecule has 13 heavy (non-hydrogen) atoms. The molecule has 0 aliphatic heterocycles. The zero-order chi connectivity index (χ0) is 9.68. The molecule has 0 aliphatic carbocycles. The minimum Gasteiger partial charge on any atom is -0.508 e. The molecular weight excluding hydrogens is 168 g/mol. The van der Waals surface area contributed by atoms with Crippen molar-refractivity contribution in [3.05, 3.63) is 29.8 Å². The van der Waals surface area contributed by atoms with Gasteiger partial charge in [0, 0.05) is 12.0 Å². The number of hydrogen-bond donors (Lipinski definition) is 1. The Kier molecular flexibility index (Phi) is 3.20. The highest BCUT2D eigenvalue weighted by atomic mass is 16.3. The number of phenolic OH excluding ortho intramolecular Hbond substituents is 1. The molecule has 0 aliphatic rings. The molecule has 0 saturated heterocycles. The average molecular weight is 177 g/mol. The van der Waals surface area contributed by atoms with Crippen LogP contribution in [0.15, 0.2) is 24.3 Å². The van der Waals surface area contributed by atoms with Crippen LogP contribution < -0.4 is 0 Å². The second-order valence-electron chi connectivity index (χ2n) is 2.67. The van der Waals surface area contributed by atoms with Gasteiger partial charge in [0.1, 0.15) is 11.5 Å². The average Bonchev–Trinajstić information content (AvgIpc) is 2.09. The molecule has 0 fully saturated rings. The maximum absolute atomic E-state index is 11.0. The first-order valence-corrected chi connectivity index (χ1v) is 3.87. The molecule has 0 saturated carbocycles. The number of para-hydroxylation sites is 1. The summed E-state index contributed by atoms with van der Waals surface area (Å²) in [7, 11) is 0. The SMILES string of the molecule is O=[C]CC(=O)Cc1ccccc1O. The van der Waals surface area contributed by atoms with Crippen molar-refractivity contribution in [3.63, 3.8) is 0 Å². The van der Waals surface area contributed by atoms with Crippen LogP contribution in [-0.4, -0.2) is 17.2 Å². The fraction of sp³-hybridized carbons (Fsp3) is 0.200. The van der Waals surface area contributed by atoms with Gasteiger partial charge < -0.3 is 5.11 Å². The third kappa shape index (κ3) is 2.71. The third-order valence-electron chi connectivity index (χ3n) is 1.65. The Morgan fingerprint density at radius 1 is 1.38 bits per heavy atom. The van der Waals surface area contributed by atoms with Gasteiger partial charge in [0.15, 0.2) is 0 Å². The van der Waals surface area contributed by atoms with E-state index in [1.54, 1.807) is 18.2 Å². The highest BCUT2D eigenvalue weighted by Crippen LogP contribution is 2.16. The Morgan fingerprint density at radius 3 is 2.69 bits per heavy atom. The van der Waals surface area contributed by atoms with Crippen molar-refractivity contribution in [2.75, 3.05) is 0 Å². The molecule has 0 amide bonds. The molecule has 1 radical (unpaired) electrons. The van der Waals surface area contributed by atoms with Crippen molar-refractivity contribution < 1.29 is 14.7 Å². The van der Waals surface area contributed by atoms with E-state index in [-0.39, 0.29) is 24.4 Å². The van der Waals surface area contributed by atoms with Crippen LogP contribution in [0.5, 0.6) is 5.75 Å². The summed E-state index contributed by atoms with van der Waals surface area (Å²) in [5.41, 5.74) is 0.544. The second-order valence-corrected chi connectivity index (χ2v) is 2.67. The number of hydrogen-bond acceptors (Lipinski definition) is 3. The van der Waals surface area contributed by atoms with Crippen molar-refractivity contribution in [2.45, 2.75) is 12.8 Å². The van der Waals surface area contributed by atoms with Gasteiger partial charge in [0.05, 0.1) is 6.42 Å². The lowest BCUT2D eigenvalue weighted by atomic mass is 10.1. The van der Waals surface area contributed by atoms with Crippen molar-refractivity contribution in [2.24, 2.45) is 0 Å². The van der Waals surface area contributed by atoms with E-state index in [0.717, 1.165) is 0 Å². The van der Waals surface area contributed by atoms with Crippen LogP contribution in [0.4, 0.5) is 0 Å². The van der Waals surface area contributed by atoms with Crippen molar-refractivity contribution >= 4 is 12.1 Å². The maximum atomic E-state index is 11.0. The fourth-order valence-corrected chi connectivity index (χ4v) is 1.02. The van der Waals surface area contributed by atoms with Gasteiger partial charge in [0.25, 0.3) is 0 Å². The Balaban J connectivity index is 2.68. The third-order valence-corrected chi connectivity index (χ3v) is 1.65. The van der Waals surface area contributed by atoms with E-state index in [0.29, 0.717) is 5.56 Å². The monoisotopic (exact) mass is 177 g/mol. The lowest BCUT2D eigenvalue weighted by Crippen LogP contribution is -2.02. The van der Waals surface area contributed by atoms with Crippen LogP contribution in [0, 0.1) is 0 Å². The van der Waals surface area contributed by atoms with Gasteiger partial charge in [-0.05, 0) is 6.07 Å². The van der Waals surface area contributed by atoms with Gasteiger partial charge >= 0.3 is 0 Å². The second kappa shape index (κ2) is 4.40. The Morgan fingerprint density at radius 2 is 2.08 bits per heavy atom. The summed E-state index contributed by atoms with van der Waals surface area (Å²) in [4.78, 5) is 20.9. The zero-order valence-corrected chi connectivity index (χ0v) is 6.99. The van der Waals surface area contributed by atoms with E-state index >= 15 is 0 Å². The molecule has 0 atom stereocenters. The highest BCUT2D eigenvalue weighted by molar-refractivity contribution is 5.91. The molecule has 1 rings (SSSR count). The van der Waals surface area contributed by atoms with E-state index in [4.69, 9.17) is 0 Å². The van der Waals surface area contributed by atoms with Crippen molar-refractivity contribution in [3.8, 4) is 5.75 Å². The van der Waals surface area contributed by atoms with Crippen LogP contribution in [0.2, 0.25) is 0 Å². The number of phenols is 1. The summed E-state index contributed by atoms with van der Waals surface area (Å²) in [5.74, 6) is -0.154. The Labute approximate surface area is 76.0 Å². The number of carbonyl (C=O) groups excluding carboxylic acids is 2. The smallest absolute Gasteiger partial charge is 0.206 e. The van der Waals surface area contributed by atoms with E-state index in [1.165, 1.54) is 12.4 Å². The molecule has 0 unspecified atom stereocenters. The molecular formula is C10H9O3. The first kappa shape index (κ1) is 9.45. The van der Waals surface area contributed by atoms with Crippen LogP contribution in [-0.2, 0) is 16.0 Å². The van der Waals surface area contributed by atoms with Crippen molar-refractivity contribution in [1.82, 2.24) is 0 Å². The quantitative estimate of drug-likeness (QED) is 0.698. The van der Waals surface area contributed by atoms with Crippen LogP contribution in [0.1, 0.15) is 12.0 Å². The summed E-state index contributed by atoms with van der Waals surface area (Å²) < 4.78 is 0. The molecule has 3 heteroatoms. The van der Waals surface area contributed by atoms with Gasteiger partial charge in [-0.1, -0.05) is 18.2 Å². The first-order chi connectivity index (χ1) is 6.24. The lowest BCUT2D eigenvalue weighted by Gasteiger charge is -2.00. The molecule has 0 aromatic heterocycles. The Hall–Kier alpha value is -1.64. The number of ketones is 1. The highest BCUT2D eigenvalue weighted by Gasteiger charge is 2.06. The largest absolute Gasteiger partial charge is 0.508 e. The predicted molar refractivity (Wildman–Crippen MR) is 47.1 cm³/mol. The fourth-order valence-electron chi connectivity index (χ4n) is 1.02. The molecule has 1 aromatic rings. The summed E-state index contributed by atoms with van der Waals surface area (Å²) in [6.45, 7) is 0. The zero-order valence-electron chi connectivity index (χ0n) is 6.99. The van der Waals surface area contributed by atoms with E-state index in [9.17, 15) is 14.7 Å².